The molecule has 1 atom stereocenters. The van der Waals surface area contributed by atoms with E-state index in [9.17, 15) is 4.79 Å². The highest BCUT2D eigenvalue weighted by Gasteiger charge is 2.21. The van der Waals surface area contributed by atoms with Gasteiger partial charge in [-0.05, 0) is 27.6 Å². The van der Waals surface area contributed by atoms with E-state index >= 15 is 0 Å². The molecule has 1 heterocycles. The predicted molar refractivity (Wildman–Crippen MR) is 76.8 cm³/mol. The van der Waals surface area contributed by atoms with Crippen LogP contribution in [0.15, 0.2) is 53.3 Å². The van der Waals surface area contributed by atoms with Crippen molar-refractivity contribution in [3.05, 3.63) is 58.8 Å². The number of carbonyl (C=O) groups is 1. The predicted octanol–water partition coefficient (Wildman–Crippen LogP) is 3.17. The highest BCUT2D eigenvalue weighted by molar-refractivity contribution is 9.10. The van der Waals surface area contributed by atoms with Gasteiger partial charge in [-0.25, -0.2) is 4.79 Å². The summed E-state index contributed by atoms with van der Waals surface area (Å²) in [6.45, 7) is 0. The number of hydrogen-bond acceptors (Lipinski definition) is 4. The van der Waals surface area contributed by atoms with Crippen LogP contribution in [0.25, 0.3) is 0 Å². The number of ether oxygens (including phenoxy) is 1. The summed E-state index contributed by atoms with van der Waals surface area (Å²) in [5.41, 5.74) is 1.63. The fraction of sp³-hybridized carbons (Fsp3) is 0.143. The molecule has 4 nitrogen and oxygen atoms in total. The Kier molecular flexibility index (Phi) is 4.52. The van der Waals surface area contributed by atoms with Gasteiger partial charge in [-0.3, -0.25) is 4.98 Å². The number of nitrogens with one attached hydrogen (secondary N) is 1. The third kappa shape index (κ3) is 3.32. The number of rotatable bonds is 4. The van der Waals surface area contributed by atoms with Crippen molar-refractivity contribution in [1.29, 1.82) is 0 Å². The summed E-state index contributed by atoms with van der Waals surface area (Å²) in [5.74, 6) is -0.338. The van der Waals surface area contributed by atoms with Crippen LogP contribution in [0.4, 0.5) is 5.69 Å². The third-order valence-electron chi connectivity index (χ3n) is 2.64. The van der Waals surface area contributed by atoms with Gasteiger partial charge in [-0.2, -0.15) is 0 Å². The Morgan fingerprint density at radius 3 is 2.68 bits per heavy atom. The van der Waals surface area contributed by atoms with Gasteiger partial charge in [0.2, 0.25) is 0 Å². The smallest absolute Gasteiger partial charge is 0.332 e. The highest BCUT2D eigenvalue weighted by atomic mass is 79.9. The van der Waals surface area contributed by atoms with Crippen molar-refractivity contribution in [2.45, 2.75) is 6.04 Å². The van der Waals surface area contributed by atoms with Crippen molar-refractivity contribution >= 4 is 27.6 Å². The number of methoxy groups -OCH3 is 1. The zero-order chi connectivity index (χ0) is 13.7. The van der Waals surface area contributed by atoms with E-state index in [4.69, 9.17) is 4.74 Å². The number of aromatic nitrogens is 1. The molecule has 5 heteroatoms. The zero-order valence-corrected chi connectivity index (χ0v) is 11.9. The minimum absolute atomic E-state index is 0.338. The second kappa shape index (κ2) is 6.33. The lowest BCUT2D eigenvalue weighted by Gasteiger charge is -2.18. The molecule has 98 valence electrons. The first kappa shape index (κ1) is 13.5. The third-order valence-corrected chi connectivity index (χ3v) is 3.27. The Balaban J connectivity index is 2.30. The van der Waals surface area contributed by atoms with Crippen LogP contribution in [0, 0.1) is 0 Å². The average molecular weight is 321 g/mol. The molecule has 2 rings (SSSR count). The first-order valence-corrected chi connectivity index (χ1v) is 6.50. The molecule has 0 bridgehead atoms. The van der Waals surface area contributed by atoms with Gasteiger partial charge < -0.3 is 10.1 Å². The molecule has 2 aromatic rings. The summed E-state index contributed by atoms with van der Waals surface area (Å²) >= 11 is 3.39. The lowest BCUT2D eigenvalue weighted by molar-refractivity contribution is -0.141. The van der Waals surface area contributed by atoms with Crippen molar-refractivity contribution < 1.29 is 9.53 Å². The minimum Gasteiger partial charge on any atom is -0.467 e. The Labute approximate surface area is 119 Å². The van der Waals surface area contributed by atoms with Gasteiger partial charge in [0.15, 0.2) is 6.04 Å². The minimum atomic E-state index is -0.551. The van der Waals surface area contributed by atoms with E-state index in [1.807, 2.05) is 30.3 Å². The number of anilines is 1. The van der Waals surface area contributed by atoms with Gasteiger partial charge >= 0.3 is 5.97 Å². The van der Waals surface area contributed by atoms with Gasteiger partial charge in [-0.1, -0.05) is 30.3 Å². The summed E-state index contributed by atoms with van der Waals surface area (Å²) in [5, 5.41) is 3.15. The summed E-state index contributed by atoms with van der Waals surface area (Å²) in [6, 6.07) is 10.7. The Bertz CT molecular complexity index is 560. The molecule has 0 fully saturated rings. The van der Waals surface area contributed by atoms with Crippen LogP contribution in [0.5, 0.6) is 0 Å². The molecule has 0 spiro atoms. The first-order valence-electron chi connectivity index (χ1n) is 5.71. The number of hydrogen-bond donors (Lipinski definition) is 1. The average Bonchev–Trinajstić information content (AvgIpc) is 2.46. The molecular weight excluding hydrogens is 308 g/mol. The quantitative estimate of drug-likeness (QED) is 0.879. The van der Waals surface area contributed by atoms with Crippen molar-refractivity contribution in [2.75, 3.05) is 12.4 Å². The molecule has 0 radical (unpaired) electrons. The molecule has 1 aromatic carbocycles. The van der Waals surface area contributed by atoms with Crippen LogP contribution in [0.1, 0.15) is 11.6 Å². The van der Waals surface area contributed by atoms with Gasteiger partial charge in [0.1, 0.15) is 0 Å². The summed E-state index contributed by atoms with van der Waals surface area (Å²) in [7, 11) is 1.38. The molecule has 0 saturated carbocycles. The van der Waals surface area contributed by atoms with Crippen LogP contribution < -0.4 is 5.32 Å². The molecule has 0 amide bonds. The van der Waals surface area contributed by atoms with Gasteiger partial charge in [0, 0.05) is 12.4 Å². The summed E-state index contributed by atoms with van der Waals surface area (Å²) < 4.78 is 5.64. The maximum Gasteiger partial charge on any atom is 0.332 e. The van der Waals surface area contributed by atoms with E-state index < -0.39 is 6.04 Å². The van der Waals surface area contributed by atoms with E-state index in [1.165, 1.54) is 7.11 Å². The second-order valence-electron chi connectivity index (χ2n) is 3.87. The van der Waals surface area contributed by atoms with Gasteiger partial charge in [0.25, 0.3) is 0 Å². The Hall–Kier alpha value is -1.88. The monoisotopic (exact) mass is 320 g/mol. The van der Waals surface area contributed by atoms with Crippen LogP contribution in [0.2, 0.25) is 0 Å². The van der Waals surface area contributed by atoms with Crippen molar-refractivity contribution in [1.82, 2.24) is 4.98 Å². The maximum absolute atomic E-state index is 11.9. The molecule has 19 heavy (non-hydrogen) atoms. The van der Waals surface area contributed by atoms with E-state index in [-0.39, 0.29) is 5.97 Å². The molecule has 0 aliphatic heterocycles. The van der Waals surface area contributed by atoms with Crippen LogP contribution in [0.3, 0.4) is 0 Å². The van der Waals surface area contributed by atoms with Gasteiger partial charge in [-0.15, -0.1) is 0 Å². The summed E-state index contributed by atoms with van der Waals surface area (Å²) in [4.78, 5) is 15.9. The van der Waals surface area contributed by atoms with Crippen molar-refractivity contribution in [3.63, 3.8) is 0 Å². The molecule has 1 aromatic heterocycles. The number of halogens is 1. The van der Waals surface area contributed by atoms with Crippen molar-refractivity contribution in [3.8, 4) is 0 Å². The molecule has 1 N–H and O–H groups in total. The standard InChI is InChI=1S/C14H13BrN2O2/c1-19-14(18)13(10-5-3-2-4-6-10)17-12-7-8-16-9-11(12)15/h2-9,13H,1H3,(H,16,17). The largest absolute Gasteiger partial charge is 0.467 e. The van der Waals surface area contributed by atoms with Gasteiger partial charge in [0.05, 0.1) is 17.3 Å². The van der Waals surface area contributed by atoms with Crippen LogP contribution in [-0.2, 0) is 9.53 Å². The normalized spacial score (nSPS) is 11.7. The second-order valence-corrected chi connectivity index (χ2v) is 4.72. The lowest BCUT2D eigenvalue weighted by Crippen LogP contribution is -2.22. The number of nitrogens with zero attached hydrogens (tertiary/aromatic N) is 1. The fourth-order valence-corrected chi connectivity index (χ4v) is 2.05. The number of esters is 1. The SMILES string of the molecule is COC(=O)C(Nc1ccncc1Br)c1ccccc1. The number of carbonyl (C=O) groups excluding carboxylic acids is 1. The number of benzene rings is 1. The lowest BCUT2D eigenvalue weighted by atomic mass is 10.1. The van der Waals surface area contributed by atoms with E-state index in [0.717, 1.165) is 15.7 Å². The fourth-order valence-electron chi connectivity index (χ4n) is 1.69. The molecule has 0 aliphatic carbocycles. The molecule has 1 unspecified atom stereocenters. The molecule has 0 saturated heterocycles. The molecule has 0 aliphatic rings. The maximum atomic E-state index is 11.9. The van der Waals surface area contributed by atoms with E-state index in [2.05, 4.69) is 26.2 Å². The summed E-state index contributed by atoms with van der Waals surface area (Å²) in [6.07, 6.45) is 3.33. The van der Waals surface area contributed by atoms with E-state index in [0.29, 0.717) is 0 Å². The highest BCUT2D eigenvalue weighted by Crippen LogP contribution is 2.26. The first-order chi connectivity index (χ1) is 9.22. The topological polar surface area (TPSA) is 51.2 Å². The number of pyridine rings is 1. The van der Waals surface area contributed by atoms with E-state index in [1.54, 1.807) is 18.5 Å². The Morgan fingerprint density at radius 1 is 1.32 bits per heavy atom. The zero-order valence-electron chi connectivity index (χ0n) is 10.3. The van der Waals surface area contributed by atoms with Crippen LogP contribution in [-0.4, -0.2) is 18.1 Å². The van der Waals surface area contributed by atoms with Crippen molar-refractivity contribution in [2.24, 2.45) is 0 Å². The molecular formula is C14H13BrN2O2. The Morgan fingerprint density at radius 2 is 2.05 bits per heavy atom. The van der Waals surface area contributed by atoms with Crippen LogP contribution >= 0.6 is 15.9 Å².